The maximum atomic E-state index is 3.95. The zero-order valence-corrected chi connectivity index (χ0v) is 11.8. The predicted molar refractivity (Wildman–Crippen MR) is 80.4 cm³/mol. The zero-order chi connectivity index (χ0) is 12.7. The van der Waals surface area contributed by atoms with E-state index in [9.17, 15) is 0 Å². The van der Waals surface area contributed by atoms with Gasteiger partial charge in [0.05, 0.1) is 0 Å². The Labute approximate surface area is 118 Å². The largest absolute Gasteiger partial charge is 0.302 e. The summed E-state index contributed by atoms with van der Waals surface area (Å²) in [7, 11) is 0. The third kappa shape index (κ3) is 2.24. The summed E-state index contributed by atoms with van der Waals surface area (Å²) in [6.07, 6.45) is 5.28. The lowest BCUT2D eigenvalue weighted by molar-refractivity contribution is 0.413. The minimum Gasteiger partial charge on any atom is -0.302 e. The molecule has 2 aromatic rings. The first-order valence-electron chi connectivity index (χ1n) is 7.29. The summed E-state index contributed by atoms with van der Waals surface area (Å²) in [6.45, 7) is 0. The van der Waals surface area contributed by atoms with Crippen LogP contribution in [0, 0.1) is 5.92 Å². The lowest BCUT2D eigenvalue weighted by Gasteiger charge is -2.23. The Morgan fingerprint density at radius 3 is 2.74 bits per heavy atom. The molecule has 1 saturated carbocycles. The molecule has 2 unspecified atom stereocenters. The van der Waals surface area contributed by atoms with E-state index in [1.54, 1.807) is 5.56 Å². The van der Waals surface area contributed by atoms with Gasteiger partial charge in [0.2, 0.25) is 0 Å². The molecule has 4 rings (SSSR count). The molecule has 2 aliphatic rings. The summed E-state index contributed by atoms with van der Waals surface area (Å²) in [5, 5.41) is 6.15. The summed E-state index contributed by atoms with van der Waals surface area (Å²) in [5.74, 6) is 0.867. The van der Waals surface area contributed by atoms with Crippen molar-refractivity contribution in [1.29, 1.82) is 0 Å². The number of hydrogen-bond donors (Lipinski definition) is 1. The molecule has 1 heterocycles. The minimum atomic E-state index is 0.559. The van der Waals surface area contributed by atoms with E-state index in [4.69, 9.17) is 0 Å². The maximum absolute atomic E-state index is 3.95. The lowest BCUT2D eigenvalue weighted by Crippen LogP contribution is -2.26. The molecule has 2 heteroatoms. The van der Waals surface area contributed by atoms with Crippen LogP contribution in [0.5, 0.6) is 0 Å². The molecule has 2 atom stereocenters. The molecule has 0 amide bonds. The highest BCUT2D eigenvalue weighted by Crippen LogP contribution is 2.44. The van der Waals surface area contributed by atoms with Gasteiger partial charge in [-0.25, -0.2) is 0 Å². The molecule has 1 aromatic carbocycles. The summed E-state index contributed by atoms with van der Waals surface area (Å²) < 4.78 is 0. The Hall–Kier alpha value is -1.12. The van der Waals surface area contributed by atoms with E-state index in [-0.39, 0.29) is 0 Å². The third-order valence-corrected chi connectivity index (χ3v) is 5.41. The van der Waals surface area contributed by atoms with Gasteiger partial charge in [-0.1, -0.05) is 30.3 Å². The fraction of sp³-hybridized carbons (Fsp3) is 0.412. The van der Waals surface area contributed by atoms with Crippen molar-refractivity contribution >= 4 is 11.3 Å². The van der Waals surface area contributed by atoms with Gasteiger partial charge in [-0.3, -0.25) is 0 Å². The standard InChI is InChI=1S/C17H19NS/c1-2-5-14-12(4-1)9-10-15(14)18-17(13-7-8-13)16-6-3-11-19-16/h1-6,11,13,15,17-18H,7-10H2. The van der Waals surface area contributed by atoms with Crippen LogP contribution in [0.1, 0.15) is 47.4 Å². The van der Waals surface area contributed by atoms with Gasteiger partial charge >= 0.3 is 0 Å². The molecule has 0 aliphatic heterocycles. The number of thiophene rings is 1. The molecular formula is C17H19NS. The third-order valence-electron chi connectivity index (χ3n) is 4.46. The number of aryl methyl sites for hydroxylation is 1. The Morgan fingerprint density at radius 2 is 1.95 bits per heavy atom. The summed E-state index contributed by atoms with van der Waals surface area (Å²) in [5.41, 5.74) is 3.07. The highest BCUT2D eigenvalue weighted by molar-refractivity contribution is 7.10. The van der Waals surface area contributed by atoms with Crippen LogP contribution < -0.4 is 5.32 Å². The van der Waals surface area contributed by atoms with Crippen molar-refractivity contribution in [3.63, 3.8) is 0 Å². The van der Waals surface area contributed by atoms with E-state index in [1.165, 1.54) is 36.1 Å². The second-order valence-electron chi connectivity index (χ2n) is 5.79. The van der Waals surface area contributed by atoms with Crippen LogP contribution in [0.3, 0.4) is 0 Å². The van der Waals surface area contributed by atoms with Gasteiger partial charge in [0.15, 0.2) is 0 Å². The minimum absolute atomic E-state index is 0.559. The molecular weight excluding hydrogens is 250 g/mol. The highest BCUT2D eigenvalue weighted by Gasteiger charge is 2.35. The topological polar surface area (TPSA) is 12.0 Å². The van der Waals surface area contributed by atoms with Gasteiger partial charge in [-0.15, -0.1) is 11.3 Å². The quantitative estimate of drug-likeness (QED) is 0.863. The van der Waals surface area contributed by atoms with Crippen LogP contribution in [-0.2, 0) is 6.42 Å². The number of benzene rings is 1. The van der Waals surface area contributed by atoms with E-state index in [0.29, 0.717) is 12.1 Å². The second-order valence-corrected chi connectivity index (χ2v) is 6.77. The molecule has 0 radical (unpaired) electrons. The van der Waals surface area contributed by atoms with Crippen molar-refractivity contribution in [1.82, 2.24) is 5.32 Å². The Bertz CT molecular complexity index is 556. The summed E-state index contributed by atoms with van der Waals surface area (Å²) >= 11 is 1.90. The van der Waals surface area contributed by atoms with Crippen molar-refractivity contribution in [3.8, 4) is 0 Å². The van der Waals surface area contributed by atoms with Crippen LogP contribution in [0.25, 0.3) is 0 Å². The van der Waals surface area contributed by atoms with Gasteiger partial charge in [-0.05, 0) is 54.2 Å². The van der Waals surface area contributed by atoms with Gasteiger partial charge in [0, 0.05) is 17.0 Å². The van der Waals surface area contributed by atoms with Crippen molar-refractivity contribution in [2.45, 2.75) is 37.8 Å². The van der Waals surface area contributed by atoms with E-state index in [2.05, 4.69) is 47.1 Å². The molecule has 1 fully saturated rings. The average Bonchev–Trinajstić information content (AvgIpc) is 3.00. The van der Waals surface area contributed by atoms with Gasteiger partial charge in [0.1, 0.15) is 0 Å². The van der Waals surface area contributed by atoms with E-state index in [1.807, 2.05) is 11.3 Å². The van der Waals surface area contributed by atoms with E-state index < -0.39 is 0 Å². The fourth-order valence-electron chi connectivity index (χ4n) is 3.30. The Balaban J connectivity index is 1.57. The van der Waals surface area contributed by atoms with Crippen molar-refractivity contribution < 1.29 is 0 Å². The van der Waals surface area contributed by atoms with Crippen molar-refractivity contribution in [2.24, 2.45) is 5.92 Å². The molecule has 2 aliphatic carbocycles. The predicted octanol–water partition coefficient (Wildman–Crippen LogP) is 4.48. The van der Waals surface area contributed by atoms with Crippen molar-refractivity contribution in [2.75, 3.05) is 0 Å². The van der Waals surface area contributed by atoms with Gasteiger partial charge in [0.25, 0.3) is 0 Å². The molecule has 19 heavy (non-hydrogen) atoms. The summed E-state index contributed by atoms with van der Waals surface area (Å²) in [4.78, 5) is 1.52. The first-order chi connectivity index (χ1) is 9.42. The molecule has 98 valence electrons. The number of hydrogen-bond acceptors (Lipinski definition) is 2. The molecule has 1 N–H and O–H groups in total. The van der Waals surface area contributed by atoms with E-state index >= 15 is 0 Å². The number of rotatable bonds is 4. The molecule has 0 saturated heterocycles. The monoisotopic (exact) mass is 269 g/mol. The lowest BCUT2D eigenvalue weighted by atomic mass is 10.0. The number of fused-ring (bicyclic) bond motifs is 1. The maximum Gasteiger partial charge on any atom is 0.0448 e. The Morgan fingerprint density at radius 1 is 1.05 bits per heavy atom. The Kier molecular flexibility index (Phi) is 2.93. The van der Waals surface area contributed by atoms with Crippen LogP contribution in [0.2, 0.25) is 0 Å². The van der Waals surface area contributed by atoms with Gasteiger partial charge < -0.3 is 5.32 Å². The zero-order valence-electron chi connectivity index (χ0n) is 11.0. The van der Waals surface area contributed by atoms with Gasteiger partial charge in [-0.2, -0.15) is 0 Å². The molecule has 0 bridgehead atoms. The van der Waals surface area contributed by atoms with Crippen LogP contribution >= 0.6 is 11.3 Å². The SMILES string of the molecule is c1csc(C(NC2CCc3ccccc32)C2CC2)c1. The fourth-order valence-corrected chi connectivity index (χ4v) is 4.17. The molecule has 0 spiro atoms. The van der Waals surface area contributed by atoms with Crippen LogP contribution in [0.4, 0.5) is 0 Å². The van der Waals surface area contributed by atoms with Crippen molar-refractivity contribution in [3.05, 3.63) is 57.8 Å². The van der Waals surface area contributed by atoms with Crippen LogP contribution in [0.15, 0.2) is 41.8 Å². The summed E-state index contributed by atoms with van der Waals surface area (Å²) in [6, 6.07) is 14.5. The van der Waals surface area contributed by atoms with Crippen LogP contribution in [-0.4, -0.2) is 0 Å². The normalized spacial score (nSPS) is 23.3. The van der Waals surface area contributed by atoms with E-state index in [0.717, 1.165) is 5.92 Å². The number of nitrogens with one attached hydrogen (secondary N) is 1. The smallest absolute Gasteiger partial charge is 0.0448 e. The first-order valence-corrected chi connectivity index (χ1v) is 8.17. The highest BCUT2D eigenvalue weighted by atomic mass is 32.1. The average molecular weight is 269 g/mol. The molecule has 1 aromatic heterocycles. The first kappa shape index (κ1) is 11.7. The molecule has 1 nitrogen and oxygen atoms in total. The second kappa shape index (κ2) is 4.77.